The van der Waals surface area contributed by atoms with Gasteiger partial charge < -0.3 is 14.8 Å². The summed E-state index contributed by atoms with van der Waals surface area (Å²) in [6.45, 7) is 3.81. The van der Waals surface area contributed by atoms with E-state index < -0.39 is 0 Å². The first-order valence-electron chi connectivity index (χ1n) is 6.76. The topological polar surface area (TPSA) is 30.5 Å². The minimum absolute atomic E-state index is 0.782. The summed E-state index contributed by atoms with van der Waals surface area (Å²) >= 11 is 0. The van der Waals surface area contributed by atoms with Crippen molar-refractivity contribution in [1.29, 1.82) is 0 Å². The molecule has 1 aromatic carbocycles. The molecule has 0 radical (unpaired) electrons. The van der Waals surface area contributed by atoms with Crippen molar-refractivity contribution in [2.45, 2.75) is 39.2 Å². The van der Waals surface area contributed by atoms with Gasteiger partial charge in [0.25, 0.3) is 0 Å². The van der Waals surface area contributed by atoms with Crippen LogP contribution in [0, 0.1) is 0 Å². The van der Waals surface area contributed by atoms with E-state index in [9.17, 15) is 0 Å². The van der Waals surface area contributed by atoms with Crippen LogP contribution in [0.3, 0.4) is 0 Å². The summed E-state index contributed by atoms with van der Waals surface area (Å²) in [5.41, 5.74) is 1.17. The maximum absolute atomic E-state index is 5.86. The Hall–Kier alpha value is -1.22. The second kappa shape index (κ2) is 8.81. The Morgan fingerprint density at radius 2 is 2.00 bits per heavy atom. The predicted octanol–water partition coefficient (Wildman–Crippen LogP) is 3.37. The lowest BCUT2D eigenvalue weighted by molar-refractivity contribution is 0.299. The molecule has 0 spiro atoms. The van der Waals surface area contributed by atoms with Crippen LogP contribution in [-0.4, -0.2) is 20.8 Å². The molecule has 0 atom stereocenters. The maximum Gasteiger partial charge on any atom is 0.127 e. The minimum Gasteiger partial charge on any atom is -0.497 e. The van der Waals surface area contributed by atoms with Gasteiger partial charge in [-0.05, 0) is 19.5 Å². The van der Waals surface area contributed by atoms with Gasteiger partial charge in [0.2, 0.25) is 0 Å². The van der Waals surface area contributed by atoms with E-state index in [1.54, 1.807) is 7.11 Å². The Bertz CT molecular complexity index is 339. The number of hydrogen-bond donors (Lipinski definition) is 1. The molecule has 0 amide bonds. The fraction of sp³-hybridized carbons (Fsp3) is 0.600. The van der Waals surface area contributed by atoms with Crippen LogP contribution in [-0.2, 0) is 6.54 Å². The molecule has 18 heavy (non-hydrogen) atoms. The van der Waals surface area contributed by atoms with Gasteiger partial charge in [0.1, 0.15) is 11.5 Å². The van der Waals surface area contributed by atoms with Crippen LogP contribution in [0.15, 0.2) is 18.2 Å². The highest BCUT2D eigenvalue weighted by Gasteiger charge is 2.05. The van der Waals surface area contributed by atoms with E-state index >= 15 is 0 Å². The fourth-order valence-corrected chi connectivity index (χ4v) is 1.84. The average molecular weight is 251 g/mol. The van der Waals surface area contributed by atoms with Gasteiger partial charge in [0.05, 0.1) is 13.7 Å². The summed E-state index contributed by atoms with van der Waals surface area (Å²) in [5, 5.41) is 3.15. The first-order chi connectivity index (χ1) is 8.81. The molecule has 102 valence electrons. The predicted molar refractivity (Wildman–Crippen MR) is 75.4 cm³/mol. The molecule has 0 fully saturated rings. The Morgan fingerprint density at radius 3 is 2.67 bits per heavy atom. The summed E-state index contributed by atoms with van der Waals surface area (Å²) in [5.74, 6) is 1.78. The minimum atomic E-state index is 0.782. The zero-order valence-electron chi connectivity index (χ0n) is 11.8. The van der Waals surface area contributed by atoms with Crippen molar-refractivity contribution in [2.75, 3.05) is 20.8 Å². The largest absolute Gasteiger partial charge is 0.497 e. The maximum atomic E-state index is 5.86. The molecule has 1 aromatic rings. The van der Waals surface area contributed by atoms with Crippen LogP contribution in [0.4, 0.5) is 0 Å². The summed E-state index contributed by atoms with van der Waals surface area (Å²) in [7, 11) is 3.62. The van der Waals surface area contributed by atoms with Gasteiger partial charge >= 0.3 is 0 Å². The normalized spacial score (nSPS) is 10.4. The molecule has 3 heteroatoms. The zero-order valence-corrected chi connectivity index (χ0v) is 11.8. The van der Waals surface area contributed by atoms with Gasteiger partial charge in [-0.2, -0.15) is 0 Å². The second-order valence-corrected chi connectivity index (χ2v) is 4.41. The standard InChI is InChI=1S/C15H25NO2/c1-4-5-6-7-10-18-15-11-14(17-3)9-8-13(15)12-16-2/h8-9,11,16H,4-7,10,12H2,1-3H3. The van der Waals surface area contributed by atoms with Crippen LogP contribution in [0.1, 0.15) is 38.2 Å². The van der Waals surface area contributed by atoms with E-state index in [-0.39, 0.29) is 0 Å². The number of ether oxygens (including phenoxy) is 2. The number of rotatable bonds is 9. The average Bonchev–Trinajstić information content (AvgIpc) is 2.40. The second-order valence-electron chi connectivity index (χ2n) is 4.41. The van der Waals surface area contributed by atoms with Crippen LogP contribution >= 0.6 is 0 Å². The van der Waals surface area contributed by atoms with Gasteiger partial charge in [0.15, 0.2) is 0 Å². The zero-order chi connectivity index (χ0) is 13.2. The highest BCUT2D eigenvalue weighted by Crippen LogP contribution is 2.25. The molecule has 1 rings (SSSR count). The molecular formula is C15H25NO2. The SMILES string of the molecule is CCCCCCOc1cc(OC)ccc1CNC. The van der Waals surface area contributed by atoms with Crippen molar-refractivity contribution in [2.24, 2.45) is 0 Å². The van der Waals surface area contributed by atoms with E-state index in [0.717, 1.165) is 31.1 Å². The third kappa shape index (κ3) is 4.96. The lowest BCUT2D eigenvalue weighted by Gasteiger charge is -2.12. The van der Waals surface area contributed by atoms with Gasteiger partial charge in [-0.15, -0.1) is 0 Å². The number of benzene rings is 1. The highest BCUT2D eigenvalue weighted by molar-refractivity contribution is 5.40. The Kier molecular flexibility index (Phi) is 7.26. The van der Waals surface area contributed by atoms with Gasteiger partial charge in [-0.25, -0.2) is 0 Å². The summed E-state index contributed by atoms with van der Waals surface area (Å²) < 4.78 is 11.1. The molecule has 0 aliphatic heterocycles. The number of methoxy groups -OCH3 is 1. The molecule has 3 nitrogen and oxygen atoms in total. The van der Waals surface area contributed by atoms with E-state index in [4.69, 9.17) is 9.47 Å². The van der Waals surface area contributed by atoms with Crippen molar-refractivity contribution in [1.82, 2.24) is 5.32 Å². The Balaban J connectivity index is 2.54. The van der Waals surface area contributed by atoms with E-state index in [1.807, 2.05) is 19.2 Å². The van der Waals surface area contributed by atoms with Crippen LogP contribution < -0.4 is 14.8 Å². The molecule has 0 bridgehead atoms. The van der Waals surface area contributed by atoms with Crippen molar-refractivity contribution >= 4 is 0 Å². The molecular weight excluding hydrogens is 226 g/mol. The third-order valence-electron chi connectivity index (χ3n) is 2.90. The summed E-state index contributed by atoms with van der Waals surface area (Å²) in [6.07, 6.45) is 4.89. The van der Waals surface area contributed by atoms with E-state index in [1.165, 1.54) is 24.8 Å². The first-order valence-corrected chi connectivity index (χ1v) is 6.76. The first kappa shape index (κ1) is 14.8. The molecule has 1 N–H and O–H groups in total. The molecule has 0 saturated carbocycles. The van der Waals surface area contributed by atoms with Crippen molar-refractivity contribution in [3.63, 3.8) is 0 Å². The molecule has 0 aliphatic rings. The quantitative estimate of drug-likeness (QED) is 0.683. The molecule has 0 aromatic heterocycles. The fourth-order valence-electron chi connectivity index (χ4n) is 1.84. The molecule has 0 saturated heterocycles. The Labute approximate surface area is 110 Å². The lowest BCUT2D eigenvalue weighted by Crippen LogP contribution is -2.08. The van der Waals surface area contributed by atoms with Crippen LogP contribution in [0.2, 0.25) is 0 Å². The number of hydrogen-bond acceptors (Lipinski definition) is 3. The lowest BCUT2D eigenvalue weighted by atomic mass is 10.2. The molecule has 0 aliphatic carbocycles. The summed E-state index contributed by atoms with van der Waals surface area (Å²) in [4.78, 5) is 0. The molecule has 0 heterocycles. The summed E-state index contributed by atoms with van der Waals surface area (Å²) in [6, 6.07) is 5.99. The van der Waals surface area contributed by atoms with Gasteiger partial charge in [-0.1, -0.05) is 32.3 Å². The molecule has 0 unspecified atom stereocenters. The smallest absolute Gasteiger partial charge is 0.127 e. The number of unbranched alkanes of at least 4 members (excludes halogenated alkanes) is 3. The Morgan fingerprint density at radius 1 is 1.17 bits per heavy atom. The van der Waals surface area contributed by atoms with Crippen molar-refractivity contribution in [3.05, 3.63) is 23.8 Å². The third-order valence-corrected chi connectivity index (χ3v) is 2.90. The highest BCUT2D eigenvalue weighted by atomic mass is 16.5. The number of nitrogens with one attached hydrogen (secondary N) is 1. The van der Waals surface area contributed by atoms with E-state index in [0.29, 0.717) is 0 Å². The van der Waals surface area contributed by atoms with Crippen molar-refractivity contribution < 1.29 is 9.47 Å². The van der Waals surface area contributed by atoms with Gasteiger partial charge in [0, 0.05) is 18.2 Å². The van der Waals surface area contributed by atoms with Gasteiger partial charge in [-0.3, -0.25) is 0 Å². The monoisotopic (exact) mass is 251 g/mol. The van der Waals surface area contributed by atoms with Crippen molar-refractivity contribution in [3.8, 4) is 11.5 Å². The van der Waals surface area contributed by atoms with Crippen LogP contribution in [0.25, 0.3) is 0 Å². The van der Waals surface area contributed by atoms with E-state index in [2.05, 4.69) is 18.3 Å². The van der Waals surface area contributed by atoms with Crippen LogP contribution in [0.5, 0.6) is 11.5 Å².